The van der Waals surface area contributed by atoms with Gasteiger partial charge in [0.25, 0.3) is 0 Å². The number of hydrogen-bond donors (Lipinski definition) is 2. The maximum atomic E-state index is 13.3. The van der Waals surface area contributed by atoms with E-state index < -0.39 is 0 Å². The van der Waals surface area contributed by atoms with E-state index in [4.69, 9.17) is 0 Å². The van der Waals surface area contributed by atoms with Gasteiger partial charge in [0.05, 0.1) is 0 Å². The van der Waals surface area contributed by atoms with Crippen LogP contribution in [0.25, 0.3) is 10.8 Å². The molecule has 3 nitrogen and oxygen atoms in total. The Kier molecular flexibility index (Phi) is 3.23. The normalized spacial score (nSPS) is 16.0. The van der Waals surface area contributed by atoms with Crippen molar-refractivity contribution in [2.45, 2.75) is 12.5 Å². The van der Waals surface area contributed by atoms with E-state index in [0.717, 1.165) is 27.7 Å². The smallest absolute Gasteiger partial charge is 0.247 e. The first-order chi connectivity index (χ1) is 11.2. The maximum Gasteiger partial charge on any atom is 0.247 e. The largest absolute Gasteiger partial charge is 0.373 e. The number of carbonyl (C=O) groups excluding carboxylic acids is 1. The number of anilines is 2. The van der Waals surface area contributed by atoms with Crippen LogP contribution in [0.1, 0.15) is 5.56 Å². The van der Waals surface area contributed by atoms with Gasteiger partial charge in [-0.2, -0.15) is 0 Å². The van der Waals surface area contributed by atoms with E-state index in [-0.39, 0.29) is 17.8 Å². The molecule has 1 aliphatic heterocycles. The van der Waals surface area contributed by atoms with Crippen molar-refractivity contribution >= 4 is 28.1 Å². The summed E-state index contributed by atoms with van der Waals surface area (Å²) in [6.07, 6.45) is 0.490. The minimum Gasteiger partial charge on any atom is -0.373 e. The van der Waals surface area contributed by atoms with E-state index in [1.807, 2.05) is 42.5 Å². The molecular weight excluding hydrogens is 291 g/mol. The molecule has 2 N–H and O–H groups in total. The molecule has 114 valence electrons. The van der Waals surface area contributed by atoms with E-state index >= 15 is 0 Å². The van der Waals surface area contributed by atoms with E-state index in [0.29, 0.717) is 6.42 Å². The zero-order valence-corrected chi connectivity index (χ0v) is 12.3. The van der Waals surface area contributed by atoms with Crippen LogP contribution in [-0.2, 0) is 11.2 Å². The van der Waals surface area contributed by atoms with Crippen molar-refractivity contribution in [1.82, 2.24) is 0 Å². The van der Waals surface area contributed by atoms with Crippen molar-refractivity contribution in [1.29, 1.82) is 0 Å². The Morgan fingerprint density at radius 2 is 1.91 bits per heavy atom. The number of rotatable bonds is 2. The Bertz CT molecular complexity index is 902. The first-order valence-electron chi connectivity index (χ1n) is 7.54. The number of halogens is 1. The van der Waals surface area contributed by atoms with Crippen LogP contribution in [0.2, 0.25) is 0 Å². The summed E-state index contributed by atoms with van der Waals surface area (Å²) < 4.78 is 13.3. The van der Waals surface area contributed by atoms with Gasteiger partial charge in [0, 0.05) is 23.2 Å². The highest BCUT2D eigenvalue weighted by molar-refractivity contribution is 6.05. The van der Waals surface area contributed by atoms with Crippen LogP contribution in [0.15, 0.2) is 60.7 Å². The zero-order valence-electron chi connectivity index (χ0n) is 12.3. The van der Waals surface area contributed by atoms with Crippen LogP contribution in [0.3, 0.4) is 0 Å². The van der Waals surface area contributed by atoms with Gasteiger partial charge in [0.2, 0.25) is 5.91 Å². The average molecular weight is 306 g/mol. The third-order valence-corrected chi connectivity index (χ3v) is 4.19. The molecule has 0 saturated carbocycles. The monoisotopic (exact) mass is 306 g/mol. The molecule has 0 aromatic heterocycles. The van der Waals surface area contributed by atoms with Crippen LogP contribution in [-0.4, -0.2) is 11.9 Å². The first-order valence-corrected chi connectivity index (χ1v) is 7.54. The van der Waals surface area contributed by atoms with Gasteiger partial charge < -0.3 is 10.6 Å². The minimum atomic E-state index is -0.384. The van der Waals surface area contributed by atoms with E-state index in [9.17, 15) is 9.18 Å². The summed E-state index contributed by atoms with van der Waals surface area (Å²) in [5.41, 5.74) is 2.45. The van der Waals surface area contributed by atoms with Gasteiger partial charge in [-0.1, -0.05) is 36.4 Å². The van der Waals surface area contributed by atoms with Crippen molar-refractivity contribution in [2.75, 3.05) is 10.6 Å². The Balaban J connectivity index is 1.57. The topological polar surface area (TPSA) is 41.1 Å². The second-order valence-electron chi connectivity index (χ2n) is 5.72. The van der Waals surface area contributed by atoms with Crippen LogP contribution in [0.5, 0.6) is 0 Å². The molecule has 0 saturated heterocycles. The predicted molar refractivity (Wildman–Crippen MR) is 90.1 cm³/mol. The van der Waals surface area contributed by atoms with Gasteiger partial charge in [-0.15, -0.1) is 0 Å². The zero-order chi connectivity index (χ0) is 15.8. The first kappa shape index (κ1) is 13.8. The molecule has 1 aliphatic rings. The Hall–Kier alpha value is -2.88. The second-order valence-corrected chi connectivity index (χ2v) is 5.72. The number of amides is 1. The highest BCUT2D eigenvalue weighted by Gasteiger charge is 2.27. The minimum absolute atomic E-state index is 0.113. The lowest BCUT2D eigenvalue weighted by Crippen LogP contribution is -2.32. The van der Waals surface area contributed by atoms with Crippen molar-refractivity contribution < 1.29 is 9.18 Å². The summed E-state index contributed by atoms with van der Waals surface area (Å²) >= 11 is 0. The lowest BCUT2D eigenvalue weighted by atomic mass is 10.1. The van der Waals surface area contributed by atoms with Gasteiger partial charge in [-0.25, -0.2) is 4.39 Å². The van der Waals surface area contributed by atoms with Gasteiger partial charge in [0.15, 0.2) is 0 Å². The van der Waals surface area contributed by atoms with Crippen molar-refractivity contribution in [3.63, 3.8) is 0 Å². The fraction of sp³-hybridized carbons (Fsp3) is 0.105. The molecule has 3 aromatic rings. The molecule has 23 heavy (non-hydrogen) atoms. The summed E-state index contributed by atoms with van der Waals surface area (Å²) in [4.78, 5) is 12.5. The third-order valence-electron chi connectivity index (χ3n) is 4.19. The molecule has 1 unspecified atom stereocenters. The Morgan fingerprint density at radius 3 is 2.83 bits per heavy atom. The van der Waals surface area contributed by atoms with Crippen LogP contribution >= 0.6 is 0 Å². The van der Waals surface area contributed by atoms with Crippen LogP contribution in [0.4, 0.5) is 15.8 Å². The molecule has 0 aliphatic carbocycles. The van der Waals surface area contributed by atoms with E-state index in [2.05, 4.69) is 10.6 Å². The van der Waals surface area contributed by atoms with E-state index in [1.165, 1.54) is 12.1 Å². The van der Waals surface area contributed by atoms with Crippen molar-refractivity contribution in [2.24, 2.45) is 0 Å². The summed E-state index contributed by atoms with van der Waals surface area (Å²) in [6.45, 7) is 0. The lowest BCUT2D eigenvalue weighted by molar-refractivity contribution is -0.116. The van der Waals surface area contributed by atoms with Crippen molar-refractivity contribution in [3.8, 4) is 0 Å². The van der Waals surface area contributed by atoms with E-state index in [1.54, 1.807) is 6.07 Å². The molecule has 4 heteroatoms. The molecular formula is C19H15FN2O. The third kappa shape index (κ3) is 2.52. The number of carbonyl (C=O) groups is 1. The molecule has 1 amide bonds. The van der Waals surface area contributed by atoms with Gasteiger partial charge >= 0.3 is 0 Å². The summed E-state index contributed by atoms with van der Waals surface area (Å²) in [5.74, 6) is -0.390. The summed E-state index contributed by atoms with van der Waals surface area (Å²) in [5, 5.41) is 8.22. The van der Waals surface area contributed by atoms with Crippen LogP contribution < -0.4 is 10.6 Å². The highest BCUT2D eigenvalue weighted by atomic mass is 19.1. The molecule has 0 bridgehead atoms. The van der Waals surface area contributed by atoms with Crippen molar-refractivity contribution in [3.05, 3.63) is 72.0 Å². The molecule has 4 rings (SSSR count). The standard InChI is InChI=1S/C19H15FN2O/c20-14-8-9-16-13(10-14)11-18(21-16)19(23)22-17-7-3-5-12-4-1-2-6-15(12)17/h1-10,18,21H,11H2,(H,22,23). The van der Waals surface area contributed by atoms with Crippen LogP contribution in [0, 0.1) is 5.82 Å². The number of fused-ring (bicyclic) bond motifs is 2. The molecule has 0 spiro atoms. The highest BCUT2D eigenvalue weighted by Crippen LogP contribution is 2.28. The fourth-order valence-electron chi connectivity index (χ4n) is 3.04. The fourth-order valence-corrected chi connectivity index (χ4v) is 3.04. The molecule has 1 atom stereocenters. The number of nitrogens with one attached hydrogen (secondary N) is 2. The van der Waals surface area contributed by atoms with Gasteiger partial charge in [-0.3, -0.25) is 4.79 Å². The molecule has 0 fully saturated rings. The molecule has 3 aromatic carbocycles. The number of benzene rings is 3. The summed E-state index contributed by atoms with van der Waals surface area (Å²) in [7, 11) is 0. The summed E-state index contributed by atoms with van der Waals surface area (Å²) in [6, 6.07) is 17.9. The lowest BCUT2D eigenvalue weighted by Gasteiger charge is -2.13. The average Bonchev–Trinajstić information content (AvgIpc) is 2.98. The quantitative estimate of drug-likeness (QED) is 0.752. The SMILES string of the molecule is O=C(Nc1cccc2ccccc12)C1Cc2cc(F)ccc2N1. The molecule has 1 heterocycles. The Labute approximate surface area is 133 Å². The second kappa shape index (κ2) is 5.39. The van der Waals surface area contributed by atoms with Gasteiger partial charge in [-0.05, 0) is 35.2 Å². The molecule has 0 radical (unpaired) electrons. The predicted octanol–water partition coefficient (Wildman–Crippen LogP) is 3.95. The Morgan fingerprint density at radius 1 is 1.09 bits per heavy atom. The van der Waals surface area contributed by atoms with Gasteiger partial charge in [0.1, 0.15) is 11.9 Å². The number of hydrogen-bond acceptors (Lipinski definition) is 2. The maximum absolute atomic E-state index is 13.3.